The number of rotatable bonds is 3. The molecule has 0 saturated carbocycles. The highest BCUT2D eigenvalue weighted by Gasteiger charge is 2.63. The Balaban J connectivity index is 1.36. The fourth-order valence-corrected chi connectivity index (χ4v) is 5.95. The van der Waals surface area contributed by atoms with Crippen LogP contribution in [0.1, 0.15) is 21.9 Å². The second kappa shape index (κ2) is 7.02. The van der Waals surface area contributed by atoms with E-state index in [-0.39, 0.29) is 30.5 Å². The number of pyridine rings is 1. The molecule has 4 atom stereocenters. The largest absolute Gasteiger partial charge is 0.396 e. The lowest BCUT2D eigenvalue weighted by Crippen LogP contribution is -2.54. The standard InChI is InChI=1S/C24H26N4O4/c1-14-7-21(16-5-3-4-6-19(16)25-14)27-10-22-17(11-29)18-9-28(13-24(18,12-27)31-22)23(30)20-8-15(2)32-26-20/h3-8,17-18,22,29H,9-13H2,1-2H3/t17-,18+,22+,24+/m0/s1. The van der Waals surface area contributed by atoms with Crippen LogP contribution in [-0.4, -0.2) is 70.5 Å². The Labute approximate surface area is 185 Å². The van der Waals surface area contributed by atoms with Crippen molar-refractivity contribution in [2.24, 2.45) is 11.8 Å². The van der Waals surface area contributed by atoms with E-state index in [9.17, 15) is 9.90 Å². The number of aromatic nitrogens is 2. The van der Waals surface area contributed by atoms with Crippen molar-refractivity contribution in [3.63, 3.8) is 0 Å². The molecular formula is C24H26N4O4. The number of hydrogen-bond acceptors (Lipinski definition) is 7. The van der Waals surface area contributed by atoms with Crippen molar-refractivity contribution >= 4 is 22.5 Å². The third-order valence-electron chi connectivity index (χ3n) is 7.30. The Hall–Kier alpha value is -2.97. The van der Waals surface area contributed by atoms with E-state index in [1.165, 1.54) is 0 Å². The lowest BCUT2D eigenvalue weighted by atomic mass is 9.83. The number of aliphatic hydroxyl groups is 1. The number of anilines is 1. The minimum atomic E-state index is -0.511. The first-order valence-electron chi connectivity index (χ1n) is 11.1. The van der Waals surface area contributed by atoms with Gasteiger partial charge in [0.1, 0.15) is 11.4 Å². The normalized spacial score (nSPS) is 29.0. The smallest absolute Gasteiger partial charge is 0.276 e. The molecule has 0 radical (unpaired) electrons. The van der Waals surface area contributed by atoms with Gasteiger partial charge >= 0.3 is 0 Å². The van der Waals surface area contributed by atoms with Crippen LogP contribution in [0, 0.1) is 25.7 Å². The number of carbonyl (C=O) groups excluding carboxylic acids is 1. The summed E-state index contributed by atoms with van der Waals surface area (Å²) in [4.78, 5) is 21.9. The Morgan fingerprint density at radius 2 is 2.06 bits per heavy atom. The number of carbonyl (C=O) groups is 1. The van der Waals surface area contributed by atoms with Crippen molar-refractivity contribution in [1.82, 2.24) is 15.0 Å². The topological polar surface area (TPSA) is 91.9 Å². The molecule has 3 saturated heterocycles. The van der Waals surface area contributed by atoms with Gasteiger partial charge in [-0.25, -0.2) is 0 Å². The van der Waals surface area contributed by atoms with E-state index in [2.05, 4.69) is 27.2 Å². The minimum absolute atomic E-state index is 0.00829. The number of hydrogen-bond donors (Lipinski definition) is 1. The van der Waals surface area contributed by atoms with Gasteiger partial charge in [-0.3, -0.25) is 9.78 Å². The number of nitrogens with zero attached hydrogens (tertiary/aromatic N) is 4. The molecular weight excluding hydrogens is 408 g/mol. The molecule has 2 aromatic heterocycles. The number of benzene rings is 1. The summed E-state index contributed by atoms with van der Waals surface area (Å²) in [7, 11) is 0. The van der Waals surface area contributed by atoms with Crippen LogP contribution in [0.25, 0.3) is 10.9 Å². The number of morpholine rings is 1. The first-order chi connectivity index (χ1) is 15.5. The van der Waals surface area contributed by atoms with Crippen LogP contribution in [0.5, 0.6) is 0 Å². The summed E-state index contributed by atoms with van der Waals surface area (Å²) in [5, 5.41) is 15.2. The van der Waals surface area contributed by atoms with Gasteiger partial charge < -0.3 is 24.2 Å². The summed E-state index contributed by atoms with van der Waals surface area (Å²) in [6.45, 7) is 6.25. The van der Waals surface area contributed by atoms with E-state index in [0.29, 0.717) is 37.6 Å². The van der Waals surface area contributed by atoms with Crippen LogP contribution in [0.4, 0.5) is 5.69 Å². The molecule has 1 spiro atoms. The van der Waals surface area contributed by atoms with Crippen LogP contribution >= 0.6 is 0 Å². The molecule has 3 aromatic rings. The van der Waals surface area contributed by atoms with Crippen LogP contribution in [0.2, 0.25) is 0 Å². The molecule has 0 unspecified atom stereocenters. The molecule has 1 N–H and O–H groups in total. The van der Waals surface area contributed by atoms with Gasteiger partial charge in [0, 0.05) is 60.9 Å². The van der Waals surface area contributed by atoms with E-state index in [0.717, 1.165) is 22.3 Å². The summed E-state index contributed by atoms with van der Waals surface area (Å²) in [6, 6.07) is 12.0. The monoisotopic (exact) mass is 434 g/mol. The fraction of sp³-hybridized carbons (Fsp3) is 0.458. The minimum Gasteiger partial charge on any atom is -0.396 e. The summed E-state index contributed by atoms with van der Waals surface area (Å²) >= 11 is 0. The zero-order valence-corrected chi connectivity index (χ0v) is 18.2. The van der Waals surface area contributed by atoms with Crippen LogP contribution in [0.3, 0.4) is 0 Å². The summed E-state index contributed by atoms with van der Waals surface area (Å²) in [6.07, 6.45) is -0.0717. The Morgan fingerprint density at radius 1 is 1.22 bits per heavy atom. The van der Waals surface area contributed by atoms with E-state index in [1.807, 2.05) is 25.1 Å². The SMILES string of the molecule is Cc1cc(N2C[C@H]3O[C@@]4(CN(C(=O)c5cc(C)on5)C[C@@H]4[C@@H]3CO)C2)c2ccccc2n1. The zero-order valence-electron chi connectivity index (χ0n) is 18.2. The summed E-state index contributed by atoms with van der Waals surface area (Å²) in [5.74, 6) is 0.531. The molecule has 3 aliphatic heterocycles. The molecule has 5 heterocycles. The van der Waals surface area contributed by atoms with Crippen LogP contribution < -0.4 is 4.90 Å². The van der Waals surface area contributed by atoms with Gasteiger partial charge in [0.2, 0.25) is 0 Å². The number of amides is 1. The molecule has 6 rings (SSSR count). The fourth-order valence-electron chi connectivity index (χ4n) is 5.95. The first kappa shape index (κ1) is 19.7. The highest BCUT2D eigenvalue weighted by Crippen LogP contribution is 2.50. The molecule has 32 heavy (non-hydrogen) atoms. The van der Waals surface area contributed by atoms with Crippen molar-refractivity contribution in [1.29, 1.82) is 0 Å². The maximum Gasteiger partial charge on any atom is 0.276 e. The average molecular weight is 434 g/mol. The van der Waals surface area contributed by atoms with E-state index >= 15 is 0 Å². The molecule has 1 amide bonds. The predicted octanol–water partition coefficient (Wildman–Crippen LogP) is 2.18. The zero-order chi connectivity index (χ0) is 22.0. The van der Waals surface area contributed by atoms with Crippen molar-refractivity contribution in [2.45, 2.75) is 25.6 Å². The molecule has 8 heteroatoms. The van der Waals surface area contributed by atoms with Gasteiger partial charge in [0.05, 0.1) is 18.2 Å². The molecule has 8 nitrogen and oxygen atoms in total. The van der Waals surface area contributed by atoms with Gasteiger partial charge in [-0.2, -0.15) is 0 Å². The lowest BCUT2D eigenvalue weighted by molar-refractivity contribution is -0.0624. The third-order valence-corrected chi connectivity index (χ3v) is 7.30. The summed E-state index contributed by atoms with van der Waals surface area (Å²) < 4.78 is 11.7. The Bertz CT molecular complexity index is 1210. The Kier molecular flexibility index (Phi) is 4.32. The van der Waals surface area contributed by atoms with Gasteiger partial charge in [-0.1, -0.05) is 23.4 Å². The van der Waals surface area contributed by atoms with Gasteiger partial charge in [0.25, 0.3) is 5.91 Å². The van der Waals surface area contributed by atoms with Crippen molar-refractivity contribution in [3.8, 4) is 0 Å². The van der Waals surface area contributed by atoms with Gasteiger partial charge in [-0.15, -0.1) is 0 Å². The number of aliphatic hydroxyl groups excluding tert-OH is 1. The van der Waals surface area contributed by atoms with Crippen molar-refractivity contribution < 1.29 is 19.2 Å². The maximum absolute atomic E-state index is 13.1. The predicted molar refractivity (Wildman–Crippen MR) is 118 cm³/mol. The number of likely N-dealkylation sites (tertiary alicyclic amines) is 1. The molecule has 2 bridgehead atoms. The Morgan fingerprint density at radius 3 is 2.84 bits per heavy atom. The van der Waals surface area contributed by atoms with Gasteiger partial charge in [-0.05, 0) is 26.0 Å². The van der Waals surface area contributed by atoms with Gasteiger partial charge in [0.15, 0.2) is 5.69 Å². The quantitative estimate of drug-likeness (QED) is 0.676. The molecule has 3 aliphatic rings. The number of ether oxygens (including phenoxy) is 1. The third kappa shape index (κ3) is 2.86. The maximum atomic E-state index is 13.1. The van der Waals surface area contributed by atoms with Crippen LogP contribution in [0.15, 0.2) is 40.9 Å². The van der Waals surface area contributed by atoms with E-state index in [1.54, 1.807) is 17.9 Å². The average Bonchev–Trinajstić information content (AvgIpc) is 3.42. The molecule has 1 aromatic carbocycles. The van der Waals surface area contributed by atoms with E-state index < -0.39 is 5.60 Å². The first-order valence-corrected chi connectivity index (χ1v) is 11.1. The van der Waals surface area contributed by atoms with Crippen molar-refractivity contribution in [2.75, 3.05) is 37.7 Å². The second-order valence-corrected chi connectivity index (χ2v) is 9.36. The number of aryl methyl sites for hydroxylation is 2. The second-order valence-electron chi connectivity index (χ2n) is 9.36. The number of fused-ring (bicyclic) bond motifs is 2. The highest BCUT2D eigenvalue weighted by atomic mass is 16.5. The number of para-hydroxylation sites is 1. The molecule has 3 fully saturated rings. The van der Waals surface area contributed by atoms with E-state index in [4.69, 9.17) is 9.26 Å². The highest BCUT2D eigenvalue weighted by molar-refractivity contribution is 5.93. The van der Waals surface area contributed by atoms with Crippen LogP contribution in [-0.2, 0) is 4.74 Å². The molecule has 166 valence electrons. The van der Waals surface area contributed by atoms with Crippen molar-refractivity contribution in [3.05, 3.63) is 53.5 Å². The summed E-state index contributed by atoms with van der Waals surface area (Å²) in [5.41, 5.74) is 2.88. The lowest BCUT2D eigenvalue weighted by Gasteiger charge is -2.42. The molecule has 0 aliphatic carbocycles.